The topological polar surface area (TPSA) is 29.3 Å². The second kappa shape index (κ2) is 2.24. The van der Waals surface area contributed by atoms with Gasteiger partial charge in [-0.05, 0) is 45.1 Å². The van der Waals surface area contributed by atoms with E-state index in [1.165, 1.54) is 19.5 Å². The van der Waals surface area contributed by atoms with Gasteiger partial charge in [-0.15, -0.1) is 0 Å². The second-order valence-electron chi connectivity index (χ2n) is 5.52. The highest BCUT2D eigenvalue weighted by Gasteiger charge is 2.59. The number of hydrogen-bond donors (Lipinski definition) is 1. The van der Waals surface area contributed by atoms with Crippen molar-refractivity contribution in [3.05, 3.63) is 0 Å². The van der Waals surface area contributed by atoms with E-state index in [-0.39, 0.29) is 0 Å². The number of rotatable bonds is 1. The van der Waals surface area contributed by atoms with Crippen molar-refractivity contribution in [2.24, 2.45) is 17.1 Å². The Kier molecular flexibility index (Phi) is 1.59. The summed E-state index contributed by atoms with van der Waals surface area (Å²) in [5.41, 5.74) is 6.67. The first kappa shape index (κ1) is 8.52. The van der Waals surface area contributed by atoms with Gasteiger partial charge in [-0.3, -0.25) is 4.90 Å². The molecule has 0 aromatic rings. The van der Waals surface area contributed by atoms with Gasteiger partial charge in [-0.2, -0.15) is 0 Å². The van der Waals surface area contributed by atoms with Gasteiger partial charge in [0.05, 0.1) is 0 Å². The summed E-state index contributed by atoms with van der Waals surface area (Å²) in [7, 11) is 0. The Balaban J connectivity index is 2.02. The predicted molar refractivity (Wildman–Crippen MR) is 50.9 cm³/mol. The summed E-state index contributed by atoms with van der Waals surface area (Å²) in [5.74, 6) is 0.918. The molecule has 2 fully saturated rings. The monoisotopic (exact) mass is 168 g/mol. The van der Waals surface area contributed by atoms with Crippen LogP contribution in [0.1, 0.15) is 27.2 Å². The van der Waals surface area contributed by atoms with Crippen molar-refractivity contribution in [1.29, 1.82) is 0 Å². The molecule has 0 radical (unpaired) electrons. The zero-order chi connectivity index (χ0) is 8.98. The largest absolute Gasteiger partial charge is 0.330 e. The molecule has 2 unspecified atom stereocenters. The first-order valence-electron chi connectivity index (χ1n) is 4.93. The van der Waals surface area contributed by atoms with E-state index in [2.05, 4.69) is 25.7 Å². The molecular weight excluding hydrogens is 148 g/mol. The average Bonchev–Trinajstić information content (AvgIpc) is 2.53. The normalized spacial score (nSPS) is 41.5. The van der Waals surface area contributed by atoms with Gasteiger partial charge in [-0.25, -0.2) is 0 Å². The van der Waals surface area contributed by atoms with E-state index in [1.807, 2.05) is 0 Å². The van der Waals surface area contributed by atoms with Crippen molar-refractivity contribution in [1.82, 2.24) is 4.90 Å². The molecule has 2 rings (SSSR count). The van der Waals surface area contributed by atoms with Crippen molar-refractivity contribution in [2.75, 3.05) is 19.6 Å². The summed E-state index contributed by atoms with van der Waals surface area (Å²) in [4.78, 5) is 2.58. The smallest absolute Gasteiger partial charge is 0.0125 e. The van der Waals surface area contributed by atoms with E-state index in [9.17, 15) is 0 Å². The Morgan fingerprint density at radius 2 is 2.17 bits per heavy atom. The van der Waals surface area contributed by atoms with Gasteiger partial charge in [0.2, 0.25) is 0 Å². The number of likely N-dealkylation sites (tertiary alicyclic amines) is 1. The summed E-state index contributed by atoms with van der Waals surface area (Å²) in [5, 5.41) is 0. The summed E-state index contributed by atoms with van der Waals surface area (Å²) < 4.78 is 0. The molecule has 0 aromatic heterocycles. The molecular formula is C10H20N2. The van der Waals surface area contributed by atoms with Crippen LogP contribution in [0.25, 0.3) is 0 Å². The fourth-order valence-corrected chi connectivity index (χ4v) is 2.42. The first-order chi connectivity index (χ1) is 5.48. The van der Waals surface area contributed by atoms with Crippen LogP contribution in [0.2, 0.25) is 0 Å². The van der Waals surface area contributed by atoms with Crippen LogP contribution in [0.15, 0.2) is 0 Å². The Morgan fingerprint density at radius 1 is 1.50 bits per heavy atom. The maximum atomic E-state index is 5.79. The van der Waals surface area contributed by atoms with Crippen molar-refractivity contribution >= 4 is 0 Å². The molecule has 1 saturated heterocycles. The number of fused-ring (bicyclic) bond motifs is 1. The highest BCUT2D eigenvalue weighted by molar-refractivity contribution is 5.12. The quantitative estimate of drug-likeness (QED) is 0.634. The lowest BCUT2D eigenvalue weighted by Crippen LogP contribution is -2.42. The number of nitrogens with two attached hydrogens (primary N) is 1. The molecule has 2 aliphatic rings. The van der Waals surface area contributed by atoms with Crippen LogP contribution in [-0.4, -0.2) is 30.1 Å². The van der Waals surface area contributed by atoms with Gasteiger partial charge in [0.25, 0.3) is 0 Å². The van der Waals surface area contributed by atoms with E-state index < -0.39 is 0 Å². The molecule has 0 aromatic carbocycles. The third-order valence-corrected chi connectivity index (χ3v) is 3.66. The fourth-order valence-electron chi connectivity index (χ4n) is 2.42. The minimum atomic E-state index is 0.343. The predicted octanol–water partition coefficient (Wildman–Crippen LogP) is 1.07. The van der Waals surface area contributed by atoms with E-state index in [1.54, 1.807) is 0 Å². The molecule has 2 atom stereocenters. The SMILES string of the molecule is CC(C)(C)N1CC2CC2(CN)C1. The van der Waals surface area contributed by atoms with Gasteiger partial charge in [0.15, 0.2) is 0 Å². The Bertz CT molecular complexity index is 191. The molecule has 12 heavy (non-hydrogen) atoms. The van der Waals surface area contributed by atoms with Gasteiger partial charge < -0.3 is 5.73 Å². The van der Waals surface area contributed by atoms with Crippen LogP contribution in [-0.2, 0) is 0 Å². The van der Waals surface area contributed by atoms with Crippen LogP contribution in [0.5, 0.6) is 0 Å². The molecule has 1 saturated carbocycles. The van der Waals surface area contributed by atoms with E-state index in [0.717, 1.165) is 12.5 Å². The molecule has 2 N–H and O–H groups in total. The highest BCUT2D eigenvalue weighted by atomic mass is 15.2. The van der Waals surface area contributed by atoms with Gasteiger partial charge in [0, 0.05) is 18.6 Å². The van der Waals surface area contributed by atoms with Crippen molar-refractivity contribution in [2.45, 2.75) is 32.7 Å². The van der Waals surface area contributed by atoms with Crippen molar-refractivity contribution in [3.8, 4) is 0 Å². The maximum Gasteiger partial charge on any atom is 0.0125 e. The summed E-state index contributed by atoms with van der Waals surface area (Å²) in [6.45, 7) is 10.3. The third-order valence-electron chi connectivity index (χ3n) is 3.66. The zero-order valence-corrected chi connectivity index (χ0v) is 8.43. The molecule has 1 heterocycles. The Morgan fingerprint density at radius 3 is 2.50 bits per heavy atom. The highest BCUT2D eigenvalue weighted by Crippen LogP contribution is 2.57. The van der Waals surface area contributed by atoms with Crippen LogP contribution in [0.4, 0.5) is 0 Å². The lowest BCUT2D eigenvalue weighted by atomic mass is 10.0. The van der Waals surface area contributed by atoms with Crippen LogP contribution in [0, 0.1) is 11.3 Å². The third kappa shape index (κ3) is 1.09. The molecule has 0 bridgehead atoms. The molecule has 2 nitrogen and oxygen atoms in total. The molecule has 0 amide bonds. The summed E-state index contributed by atoms with van der Waals surface area (Å²) in [6, 6.07) is 0. The van der Waals surface area contributed by atoms with Crippen LogP contribution in [0.3, 0.4) is 0 Å². The molecule has 0 spiro atoms. The minimum Gasteiger partial charge on any atom is -0.330 e. The molecule has 2 heteroatoms. The fraction of sp³-hybridized carbons (Fsp3) is 1.00. The lowest BCUT2D eigenvalue weighted by Gasteiger charge is -2.34. The van der Waals surface area contributed by atoms with Gasteiger partial charge >= 0.3 is 0 Å². The average molecular weight is 168 g/mol. The molecule has 70 valence electrons. The van der Waals surface area contributed by atoms with E-state index in [4.69, 9.17) is 5.73 Å². The van der Waals surface area contributed by atoms with E-state index >= 15 is 0 Å². The Labute approximate surface area is 75.1 Å². The number of nitrogens with zero attached hydrogens (tertiary/aromatic N) is 1. The van der Waals surface area contributed by atoms with E-state index in [0.29, 0.717) is 11.0 Å². The van der Waals surface area contributed by atoms with Gasteiger partial charge in [0.1, 0.15) is 0 Å². The van der Waals surface area contributed by atoms with Crippen LogP contribution < -0.4 is 5.73 Å². The number of hydrogen-bond acceptors (Lipinski definition) is 2. The number of piperidine rings is 1. The molecule has 1 aliphatic heterocycles. The van der Waals surface area contributed by atoms with Crippen molar-refractivity contribution < 1.29 is 0 Å². The van der Waals surface area contributed by atoms with Crippen molar-refractivity contribution in [3.63, 3.8) is 0 Å². The lowest BCUT2D eigenvalue weighted by molar-refractivity contribution is 0.145. The summed E-state index contributed by atoms with van der Waals surface area (Å²) in [6.07, 6.45) is 1.38. The van der Waals surface area contributed by atoms with Crippen LogP contribution >= 0.6 is 0 Å². The molecule has 1 aliphatic carbocycles. The zero-order valence-electron chi connectivity index (χ0n) is 8.43. The second-order valence-corrected chi connectivity index (χ2v) is 5.52. The first-order valence-corrected chi connectivity index (χ1v) is 4.93. The Hall–Kier alpha value is -0.0800. The van der Waals surface area contributed by atoms with Gasteiger partial charge in [-0.1, -0.05) is 0 Å². The maximum absolute atomic E-state index is 5.79. The summed E-state index contributed by atoms with van der Waals surface area (Å²) >= 11 is 0. The minimum absolute atomic E-state index is 0.343. The standard InChI is InChI=1S/C10H20N2/c1-9(2,3)12-5-8-4-10(8,6-11)7-12/h8H,4-7,11H2,1-3H3.